The molecule has 1 aromatic heterocycles. The van der Waals surface area contributed by atoms with Gasteiger partial charge in [-0.15, -0.1) is 0 Å². The summed E-state index contributed by atoms with van der Waals surface area (Å²) in [5.41, 5.74) is 1.53. The zero-order chi connectivity index (χ0) is 13.0. The van der Waals surface area contributed by atoms with E-state index in [1.165, 1.54) is 26.4 Å². The van der Waals surface area contributed by atoms with Crippen LogP contribution in [0.2, 0.25) is 0 Å². The molecule has 1 unspecified atom stereocenters. The van der Waals surface area contributed by atoms with E-state index in [1.54, 1.807) is 12.3 Å². The predicted octanol–water partition coefficient (Wildman–Crippen LogP) is 2.24. The van der Waals surface area contributed by atoms with Gasteiger partial charge in [-0.1, -0.05) is 6.92 Å². The van der Waals surface area contributed by atoms with E-state index in [2.05, 4.69) is 21.5 Å². The second-order valence-electron chi connectivity index (χ2n) is 4.70. The first kappa shape index (κ1) is 13.0. The van der Waals surface area contributed by atoms with Gasteiger partial charge in [0.05, 0.1) is 18.4 Å². The zero-order valence-corrected chi connectivity index (χ0v) is 11.1. The molecule has 0 spiro atoms. The van der Waals surface area contributed by atoms with Crippen molar-refractivity contribution in [2.45, 2.75) is 38.8 Å². The number of likely N-dealkylation sites (tertiary alicyclic amines) is 1. The number of carbonyl (C=O) groups excluding carboxylic acids is 1. The van der Waals surface area contributed by atoms with Crippen LogP contribution in [0.1, 0.15) is 42.2 Å². The number of carbonyl (C=O) groups is 1. The number of esters is 1. The number of aromatic nitrogens is 1. The highest BCUT2D eigenvalue weighted by atomic mass is 16.5. The van der Waals surface area contributed by atoms with Crippen molar-refractivity contribution in [3.05, 3.63) is 29.6 Å². The average Bonchev–Trinajstić information content (AvgIpc) is 2.86. The molecular formula is C14H20N2O2. The number of methoxy groups -OCH3 is 1. The number of pyridine rings is 1. The first-order chi connectivity index (χ1) is 8.74. The Morgan fingerprint density at radius 1 is 1.56 bits per heavy atom. The van der Waals surface area contributed by atoms with E-state index in [0.29, 0.717) is 11.6 Å². The van der Waals surface area contributed by atoms with E-state index in [-0.39, 0.29) is 5.97 Å². The van der Waals surface area contributed by atoms with Crippen LogP contribution in [0.4, 0.5) is 0 Å². The van der Waals surface area contributed by atoms with Crippen molar-refractivity contribution in [3.63, 3.8) is 0 Å². The van der Waals surface area contributed by atoms with Crippen LogP contribution in [0.25, 0.3) is 0 Å². The molecule has 1 fully saturated rings. The third kappa shape index (κ3) is 2.88. The molecule has 4 nitrogen and oxygen atoms in total. The fraction of sp³-hybridized carbons (Fsp3) is 0.571. The zero-order valence-electron chi connectivity index (χ0n) is 11.1. The summed E-state index contributed by atoms with van der Waals surface area (Å²) in [6, 6.07) is 4.38. The van der Waals surface area contributed by atoms with Crippen LogP contribution >= 0.6 is 0 Å². The van der Waals surface area contributed by atoms with Gasteiger partial charge < -0.3 is 4.74 Å². The van der Waals surface area contributed by atoms with Crippen molar-refractivity contribution < 1.29 is 9.53 Å². The minimum atomic E-state index is -0.332. The fourth-order valence-corrected chi connectivity index (χ4v) is 2.53. The Hall–Kier alpha value is -1.42. The van der Waals surface area contributed by atoms with Gasteiger partial charge >= 0.3 is 5.97 Å². The molecule has 0 saturated carbocycles. The van der Waals surface area contributed by atoms with Gasteiger partial charge in [0.2, 0.25) is 0 Å². The average molecular weight is 248 g/mol. The standard InChI is InChI=1S/C14H20N2O2/c1-3-13-5-4-8-16(13)10-12-7-6-11(9-15-12)14(17)18-2/h6-7,9,13H,3-5,8,10H2,1-2H3. The van der Waals surface area contributed by atoms with Crippen molar-refractivity contribution in [2.75, 3.05) is 13.7 Å². The van der Waals surface area contributed by atoms with Gasteiger partial charge in [0.1, 0.15) is 0 Å². The number of ether oxygens (including phenoxy) is 1. The van der Waals surface area contributed by atoms with Gasteiger partial charge in [0.25, 0.3) is 0 Å². The summed E-state index contributed by atoms with van der Waals surface area (Å²) in [5.74, 6) is -0.332. The summed E-state index contributed by atoms with van der Waals surface area (Å²) < 4.78 is 4.65. The third-order valence-corrected chi connectivity index (χ3v) is 3.58. The summed E-state index contributed by atoms with van der Waals surface area (Å²) in [5, 5.41) is 0. The third-order valence-electron chi connectivity index (χ3n) is 3.58. The van der Waals surface area contributed by atoms with Crippen molar-refractivity contribution >= 4 is 5.97 Å². The van der Waals surface area contributed by atoms with Gasteiger partial charge in [-0.3, -0.25) is 9.88 Å². The molecule has 2 heterocycles. The number of rotatable bonds is 4. The lowest BCUT2D eigenvalue weighted by atomic mass is 10.1. The SMILES string of the molecule is CCC1CCCN1Cc1ccc(C(=O)OC)cn1. The summed E-state index contributed by atoms with van der Waals surface area (Å²) >= 11 is 0. The minimum Gasteiger partial charge on any atom is -0.465 e. The topological polar surface area (TPSA) is 42.4 Å². The van der Waals surface area contributed by atoms with Gasteiger partial charge in [0, 0.05) is 18.8 Å². The number of hydrogen-bond donors (Lipinski definition) is 0. The summed E-state index contributed by atoms with van der Waals surface area (Å²) in [7, 11) is 1.38. The molecule has 0 aromatic carbocycles. The van der Waals surface area contributed by atoms with Crippen molar-refractivity contribution in [1.82, 2.24) is 9.88 Å². The fourth-order valence-electron chi connectivity index (χ4n) is 2.53. The van der Waals surface area contributed by atoms with Crippen LogP contribution in [-0.2, 0) is 11.3 Å². The molecular weight excluding hydrogens is 228 g/mol. The molecule has 0 N–H and O–H groups in total. The quantitative estimate of drug-likeness (QED) is 0.766. The van der Waals surface area contributed by atoms with Gasteiger partial charge in [-0.05, 0) is 37.9 Å². The Morgan fingerprint density at radius 2 is 2.39 bits per heavy atom. The Kier molecular flexibility index (Phi) is 4.31. The second-order valence-corrected chi connectivity index (χ2v) is 4.70. The minimum absolute atomic E-state index is 0.332. The van der Waals surface area contributed by atoms with Crippen molar-refractivity contribution in [1.29, 1.82) is 0 Å². The maximum absolute atomic E-state index is 11.3. The van der Waals surface area contributed by atoms with Crippen LogP contribution in [0.3, 0.4) is 0 Å². The van der Waals surface area contributed by atoms with Crippen molar-refractivity contribution in [2.24, 2.45) is 0 Å². The highest BCUT2D eigenvalue weighted by Gasteiger charge is 2.22. The molecule has 0 radical (unpaired) electrons. The van der Waals surface area contributed by atoms with Gasteiger partial charge in [-0.25, -0.2) is 4.79 Å². The first-order valence-corrected chi connectivity index (χ1v) is 6.52. The van der Waals surface area contributed by atoms with Gasteiger partial charge in [0.15, 0.2) is 0 Å². The number of hydrogen-bond acceptors (Lipinski definition) is 4. The molecule has 98 valence electrons. The van der Waals surface area contributed by atoms with Crippen LogP contribution in [0, 0.1) is 0 Å². The maximum atomic E-state index is 11.3. The van der Waals surface area contributed by atoms with E-state index in [4.69, 9.17) is 0 Å². The van der Waals surface area contributed by atoms with Gasteiger partial charge in [-0.2, -0.15) is 0 Å². The first-order valence-electron chi connectivity index (χ1n) is 6.52. The Bertz CT molecular complexity index is 403. The Labute approximate surface area is 108 Å². The largest absolute Gasteiger partial charge is 0.465 e. The normalized spacial score (nSPS) is 20.0. The van der Waals surface area contributed by atoms with Crippen LogP contribution < -0.4 is 0 Å². The van der Waals surface area contributed by atoms with Crippen LogP contribution in [0.15, 0.2) is 18.3 Å². The van der Waals surface area contributed by atoms with E-state index in [1.807, 2.05) is 6.07 Å². The lowest BCUT2D eigenvalue weighted by Crippen LogP contribution is -2.28. The predicted molar refractivity (Wildman–Crippen MR) is 69.3 cm³/mol. The second kappa shape index (κ2) is 5.96. The molecule has 4 heteroatoms. The maximum Gasteiger partial charge on any atom is 0.339 e. The lowest BCUT2D eigenvalue weighted by Gasteiger charge is -2.22. The lowest BCUT2D eigenvalue weighted by molar-refractivity contribution is 0.0600. The molecule has 2 rings (SSSR count). The molecule has 1 aromatic rings. The molecule has 0 aliphatic carbocycles. The molecule has 1 aliphatic rings. The molecule has 0 bridgehead atoms. The van der Waals surface area contributed by atoms with E-state index in [9.17, 15) is 4.79 Å². The Morgan fingerprint density at radius 3 is 3.00 bits per heavy atom. The van der Waals surface area contributed by atoms with E-state index < -0.39 is 0 Å². The molecule has 1 aliphatic heterocycles. The molecule has 1 atom stereocenters. The summed E-state index contributed by atoms with van der Waals surface area (Å²) in [4.78, 5) is 18.1. The molecule has 18 heavy (non-hydrogen) atoms. The summed E-state index contributed by atoms with van der Waals surface area (Å²) in [6.07, 6.45) is 5.36. The van der Waals surface area contributed by atoms with E-state index >= 15 is 0 Å². The highest BCUT2D eigenvalue weighted by Crippen LogP contribution is 2.21. The Balaban J connectivity index is 2.00. The van der Waals surface area contributed by atoms with Crippen molar-refractivity contribution in [3.8, 4) is 0 Å². The summed E-state index contributed by atoms with van der Waals surface area (Å²) in [6.45, 7) is 4.26. The molecule has 0 amide bonds. The van der Waals surface area contributed by atoms with E-state index in [0.717, 1.165) is 18.8 Å². The smallest absolute Gasteiger partial charge is 0.339 e. The molecule has 1 saturated heterocycles. The monoisotopic (exact) mass is 248 g/mol. The van der Waals surface area contributed by atoms with Crippen LogP contribution in [0.5, 0.6) is 0 Å². The number of nitrogens with zero attached hydrogens (tertiary/aromatic N) is 2. The van der Waals surface area contributed by atoms with Crippen LogP contribution in [-0.4, -0.2) is 35.5 Å². The highest BCUT2D eigenvalue weighted by molar-refractivity contribution is 5.88.